The highest BCUT2D eigenvalue weighted by molar-refractivity contribution is 6.42. The second-order valence-electron chi connectivity index (χ2n) is 7.71. The summed E-state index contributed by atoms with van der Waals surface area (Å²) < 4.78 is 11.3. The molecule has 2 amide bonds. The van der Waals surface area contributed by atoms with Crippen LogP contribution in [0.1, 0.15) is 43.9 Å². The van der Waals surface area contributed by atoms with Crippen molar-refractivity contribution in [1.82, 2.24) is 10.2 Å². The zero-order chi connectivity index (χ0) is 23.4. The second kappa shape index (κ2) is 10.3. The molecular formula is C24H26Cl2N2O4. The van der Waals surface area contributed by atoms with Gasteiger partial charge in [0.2, 0.25) is 0 Å². The lowest BCUT2D eigenvalue weighted by Gasteiger charge is -2.34. The number of nitrogens with one attached hydrogen (secondary N) is 1. The first kappa shape index (κ1) is 24.0. The van der Waals surface area contributed by atoms with Crippen LogP contribution in [0.3, 0.4) is 0 Å². The van der Waals surface area contributed by atoms with Gasteiger partial charge in [-0.05, 0) is 48.2 Å². The Kier molecular flexibility index (Phi) is 7.69. The Labute approximate surface area is 198 Å². The Morgan fingerprint density at radius 3 is 2.41 bits per heavy atom. The van der Waals surface area contributed by atoms with E-state index in [2.05, 4.69) is 19.2 Å². The lowest BCUT2D eigenvalue weighted by Crippen LogP contribution is -2.48. The molecule has 0 saturated heterocycles. The summed E-state index contributed by atoms with van der Waals surface area (Å²) in [5.41, 5.74) is 2.50. The highest BCUT2D eigenvalue weighted by Crippen LogP contribution is 2.34. The summed E-state index contributed by atoms with van der Waals surface area (Å²) in [5, 5.41) is 3.54. The van der Waals surface area contributed by atoms with E-state index in [4.69, 9.17) is 32.7 Å². The van der Waals surface area contributed by atoms with Crippen LogP contribution in [-0.2, 0) is 9.53 Å². The maximum Gasteiger partial charge on any atom is 0.338 e. The number of hydrogen-bond donors (Lipinski definition) is 1. The number of carbonyl (C=O) groups is 2. The molecule has 2 aromatic rings. The molecule has 0 unspecified atom stereocenters. The number of rotatable bonds is 7. The molecule has 3 rings (SSSR count). The van der Waals surface area contributed by atoms with Crippen LogP contribution in [0, 0.1) is 0 Å². The Balaban J connectivity index is 2.00. The van der Waals surface area contributed by atoms with E-state index in [-0.39, 0.29) is 24.8 Å². The molecule has 0 saturated carbocycles. The fourth-order valence-electron chi connectivity index (χ4n) is 3.42. The minimum Gasteiger partial charge on any atom is -0.487 e. The largest absolute Gasteiger partial charge is 0.487 e. The average molecular weight is 477 g/mol. The number of amides is 2. The zero-order valence-corrected chi connectivity index (χ0v) is 20.0. The smallest absolute Gasteiger partial charge is 0.338 e. The highest BCUT2D eigenvalue weighted by atomic mass is 35.5. The minimum atomic E-state index is -0.755. The van der Waals surface area contributed by atoms with Gasteiger partial charge in [-0.15, -0.1) is 0 Å². The first-order valence-corrected chi connectivity index (χ1v) is 11.1. The fraction of sp³-hybridized carbons (Fsp3) is 0.333. The Morgan fingerprint density at radius 1 is 1.12 bits per heavy atom. The number of ether oxygens (including phenoxy) is 2. The first-order chi connectivity index (χ1) is 15.2. The number of esters is 1. The van der Waals surface area contributed by atoms with E-state index in [1.54, 1.807) is 32.2 Å². The van der Waals surface area contributed by atoms with Gasteiger partial charge in [-0.3, -0.25) is 4.90 Å². The van der Waals surface area contributed by atoms with E-state index >= 15 is 0 Å². The third-order valence-corrected chi connectivity index (χ3v) is 6.01. The maximum absolute atomic E-state index is 13.0. The van der Waals surface area contributed by atoms with Crippen molar-refractivity contribution in [1.29, 1.82) is 0 Å². The van der Waals surface area contributed by atoms with Gasteiger partial charge < -0.3 is 14.8 Å². The average Bonchev–Trinajstić information content (AvgIpc) is 2.76. The van der Waals surface area contributed by atoms with Gasteiger partial charge in [0.15, 0.2) is 0 Å². The number of likely N-dealkylation sites (N-methyl/N-ethyl adjacent to an activating group) is 1. The summed E-state index contributed by atoms with van der Waals surface area (Å²) in [6, 6.07) is 11.6. The van der Waals surface area contributed by atoms with Crippen LogP contribution in [0.2, 0.25) is 10.0 Å². The molecule has 0 fully saturated rings. The number of benzene rings is 2. The van der Waals surface area contributed by atoms with Crippen LogP contribution in [0.5, 0.6) is 5.75 Å². The molecule has 0 radical (unpaired) electrons. The van der Waals surface area contributed by atoms with Crippen LogP contribution in [-0.4, -0.2) is 37.2 Å². The Hall–Kier alpha value is -2.70. The summed E-state index contributed by atoms with van der Waals surface area (Å²) in [6.45, 7) is 6.16. The molecule has 1 N–H and O–H groups in total. The molecule has 1 aliphatic heterocycles. The first-order valence-electron chi connectivity index (χ1n) is 10.3. The second-order valence-corrected chi connectivity index (χ2v) is 8.52. The van der Waals surface area contributed by atoms with E-state index in [0.717, 1.165) is 0 Å². The van der Waals surface area contributed by atoms with Gasteiger partial charge in [0, 0.05) is 7.05 Å². The van der Waals surface area contributed by atoms with E-state index in [9.17, 15) is 9.59 Å². The molecule has 2 aromatic carbocycles. The molecule has 1 aliphatic rings. The van der Waals surface area contributed by atoms with Crippen LogP contribution in [0.25, 0.3) is 0 Å². The molecule has 8 heteroatoms. The van der Waals surface area contributed by atoms with E-state index in [1.165, 1.54) is 10.5 Å². The molecule has 6 nitrogen and oxygen atoms in total. The molecule has 0 aliphatic carbocycles. The van der Waals surface area contributed by atoms with E-state index in [1.807, 2.05) is 24.3 Å². The summed E-state index contributed by atoms with van der Waals surface area (Å²) in [5.74, 6) is 0.502. The van der Waals surface area contributed by atoms with Gasteiger partial charge in [-0.1, -0.05) is 55.2 Å². The highest BCUT2D eigenvalue weighted by Gasteiger charge is 2.37. The van der Waals surface area contributed by atoms with E-state index in [0.29, 0.717) is 33.0 Å². The van der Waals surface area contributed by atoms with Gasteiger partial charge in [0.25, 0.3) is 0 Å². The van der Waals surface area contributed by atoms with Crippen molar-refractivity contribution in [2.45, 2.75) is 32.7 Å². The lowest BCUT2D eigenvalue weighted by atomic mass is 9.94. The van der Waals surface area contributed by atoms with E-state index < -0.39 is 12.0 Å². The normalized spacial score (nSPS) is 16.3. The van der Waals surface area contributed by atoms with Crippen molar-refractivity contribution in [3.8, 4) is 5.75 Å². The van der Waals surface area contributed by atoms with Crippen LogP contribution in [0.15, 0.2) is 53.7 Å². The lowest BCUT2D eigenvalue weighted by molar-refractivity contribution is -0.139. The fourth-order valence-corrected chi connectivity index (χ4v) is 3.73. The van der Waals surface area contributed by atoms with Crippen molar-refractivity contribution in [2.24, 2.45) is 0 Å². The monoisotopic (exact) mass is 476 g/mol. The van der Waals surface area contributed by atoms with Crippen molar-refractivity contribution in [2.75, 3.05) is 20.3 Å². The molecule has 32 heavy (non-hydrogen) atoms. The van der Waals surface area contributed by atoms with Crippen molar-refractivity contribution in [3.05, 3.63) is 74.9 Å². The topological polar surface area (TPSA) is 67.9 Å². The van der Waals surface area contributed by atoms with Crippen molar-refractivity contribution >= 4 is 35.2 Å². The number of carbonyl (C=O) groups excluding carboxylic acids is 2. The molecular weight excluding hydrogens is 451 g/mol. The third kappa shape index (κ3) is 5.19. The SMILES string of the molecule is CCOC(=O)C1=C(COc2ccc(C(C)C)cc2)N(C)C(=O)N[C@H]1c1ccc(Cl)c(Cl)c1. The van der Waals surface area contributed by atoms with Crippen LogP contribution in [0.4, 0.5) is 4.79 Å². The zero-order valence-electron chi connectivity index (χ0n) is 18.4. The number of hydrogen-bond acceptors (Lipinski definition) is 4. The third-order valence-electron chi connectivity index (χ3n) is 5.27. The Morgan fingerprint density at radius 2 is 1.81 bits per heavy atom. The van der Waals surface area contributed by atoms with Crippen LogP contribution >= 0.6 is 23.2 Å². The molecule has 1 heterocycles. The molecule has 1 atom stereocenters. The summed E-state index contributed by atoms with van der Waals surface area (Å²) in [4.78, 5) is 27.0. The molecule has 0 aromatic heterocycles. The Bertz CT molecular complexity index is 1030. The minimum absolute atomic E-state index is 0.0108. The predicted octanol–water partition coefficient (Wildman–Crippen LogP) is 5.71. The number of urea groups is 1. The molecule has 170 valence electrons. The van der Waals surface area contributed by atoms with Gasteiger partial charge in [0.1, 0.15) is 12.4 Å². The molecule has 0 spiro atoms. The van der Waals surface area contributed by atoms with Crippen LogP contribution < -0.4 is 10.1 Å². The standard InChI is InChI=1S/C24H26Cl2N2O4/c1-5-31-23(29)21-20(13-32-17-9-6-15(7-10-17)14(2)3)28(4)24(30)27-22(21)16-8-11-18(25)19(26)12-16/h6-12,14,22H,5,13H2,1-4H3,(H,27,30)/t22-/m0/s1. The maximum atomic E-state index is 13.0. The van der Waals surface area contributed by atoms with Gasteiger partial charge >= 0.3 is 12.0 Å². The predicted molar refractivity (Wildman–Crippen MR) is 125 cm³/mol. The number of halogens is 2. The quantitative estimate of drug-likeness (QED) is 0.519. The molecule has 0 bridgehead atoms. The summed E-state index contributed by atoms with van der Waals surface area (Å²) >= 11 is 12.2. The number of nitrogens with zero attached hydrogens (tertiary/aromatic N) is 1. The van der Waals surface area contributed by atoms with Crippen molar-refractivity contribution < 1.29 is 19.1 Å². The summed E-state index contributed by atoms with van der Waals surface area (Å²) in [7, 11) is 1.58. The summed E-state index contributed by atoms with van der Waals surface area (Å²) in [6.07, 6.45) is 0. The van der Waals surface area contributed by atoms with Crippen molar-refractivity contribution in [3.63, 3.8) is 0 Å². The van der Waals surface area contributed by atoms with Gasteiger partial charge in [-0.2, -0.15) is 0 Å². The van der Waals surface area contributed by atoms with Gasteiger partial charge in [-0.25, -0.2) is 9.59 Å². The van der Waals surface area contributed by atoms with Gasteiger partial charge in [0.05, 0.1) is 34.0 Å².